The van der Waals surface area contributed by atoms with Crippen LogP contribution in [-0.4, -0.2) is 51.5 Å². The van der Waals surface area contributed by atoms with Crippen LogP contribution in [0.3, 0.4) is 0 Å². The first-order valence-corrected chi connectivity index (χ1v) is 10.6. The molecule has 28 heavy (non-hydrogen) atoms. The van der Waals surface area contributed by atoms with E-state index >= 15 is 0 Å². The van der Waals surface area contributed by atoms with E-state index in [1.807, 2.05) is 39.8 Å². The third-order valence-corrected chi connectivity index (χ3v) is 5.87. The summed E-state index contributed by atoms with van der Waals surface area (Å²) in [5.74, 6) is 3.09. The van der Waals surface area contributed by atoms with Crippen molar-refractivity contribution in [3.05, 3.63) is 36.9 Å². The molecule has 1 aliphatic rings. The van der Waals surface area contributed by atoms with E-state index in [0.29, 0.717) is 35.1 Å². The number of methoxy groups -OCH3 is 1. The molecule has 150 valence electrons. The van der Waals surface area contributed by atoms with Gasteiger partial charge in [0.15, 0.2) is 11.0 Å². The van der Waals surface area contributed by atoms with E-state index in [1.54, 1.807) is 7.11 Å². The Hall–Kier alpha value is -2.28. The topological polar surface area (TPSA) is 60.2 Å². The Morgan fingerprint density at radius 2 is 2.00 bits per heavy atom. The molecule has 6 nitrogen and oxygen atoms in total. The fraction of sp³-hybridized carbons (Fsp3) is 0.476. The second-order valence-corrected chi connectivity index (χ2v) is 8.38. The third-order valence-electron chi connectivity index (χ3n) is 4.92. The SMILES string of the molecule is C=CCn1c(SCC(=O)N2C[C@@H](C)C[C@H](C)C2)nnc1-c1ccccc1OC. The summed E-state index contributed by atoms with van der Waals surface area (Å²) in [7, 11) is 1.64. The summed E-state index contributed by atoms with van der Waals surface area (Å²) in [6.45, 7) is 10.5. The van der Waals surface area contributed by atoms with Gasteiger partial charge in [-0.25, -0.2) is 0 Å². The van der Waals surface area contributed by atoms with Crippen molar-refractivity contribution in [3.63, 3.8) is 0 Å². The quantitative estimate of drug-likeness (QED) is 0.523. The van der Waals surface area contributed by atoms with Crippen LogP contribution in [-0.2, 0) is 11.3 Å². The molecule has 0 bridgehead atoms. The maximum absolute atomic E-state index is 12.7. The van der Waals surface area contributed by atoms with Gasteiger partial charge in [-0.2, -0.15) is 0 Å². The Morgan fingerprint density at radius 1 is 1.29 bits per heavy atom. The second kappa shape index (κ2) is 9.28. The maximum Gasteiger partial charge on any atom is 0.233 e. The van der Waals surface area contributed by atoms with E-state index in [-0.39, 0.29) is 5.91 Å². The Balaban J connectivity index is 1.76. The number of piperidine rings is 1. The van der Waals surface area contributed by atoms with E-state index in [9.17, 15) is 4.79 Å². The Labute approximate surface area is 171 Å². The summed E-state index contributed by atoms with van der Waals surface area (Å²) in [5.41, 5.74) is 0.871. The highest BCUT2D eigenvalue weighted by molar-refractivity contribution is 7.99. The van der Waals surface area contributed by atoms with Crippen molar-refractivity contribution in [2.24, 2.45) is 11.8 Å². The lowest BCUT2D eigenvalue weighted by Gasteiger charge is -2.34. The van der Waals surface area contributed by atoms with Crippen LogP contribution >= 0.6 is 11.8 Å². The molecule has 2 atom stereocenters. The van der Waals surface area contributed by atoms with Crippen LogP contribution in [0.4, 0.5) is 0 Å². The Bertz CT molecular complexity index is 826. The van der Waals surface area contributed by atoms with Crippen molar-refractivity contribution < 1.29 is 9.53 Å². The molecule has 1 aliphatic heterocycles. The van der Waals surface area contributed by atoms with Gasteiger partial charge in [0, 0.05) is 19.6 Å². The van der Waals surface area contributed by atoms with Gasteiger partial charge in [0.25, 0.3) is 0 Å². The van der Waals surface area contributed by atoms with E-state index in [4.69, 9.17) is 4.74 Å². The van der Waals surface area contributed by atoms with Gasteiger partial charge in [-0.1, -0.05) is 43.8 Å². The largest absolute Gasteiger partial charge is 0.496 e. The van der Waals surface area contributed by atoms with Crippen molar-refractivity contribution in [1.29, 1.82) is 0 Å². The molecule has 0 aliphatic carbocycles. The van der Waals surface area contributed by atoms with E-state index < -0.39 is 0 Å². The minimum atomic E-state index is 0.162. The number of thioether (sulfide) groups is 1. The van der Waals surface area contributed by atoms with Gasteiger partial charge in [0.05, 0.1) is 18.4 Å². The van der Waals surface area contributed by atoms with Gasteiger partial charge in [-0.05, 0) is 30.4 Å². The van der Waals surface area contributed by atoms with Crippen molar-refractivity contribution in [1.82, 2.24) is 19.7 Å². The number of carbonyl (C=O) groups is 1. The van der Waals surface area contributed by atoms with Crippen LogP contribution in [0.2, 0.25) is 0 Å². The Kier molecular flexibility index (Phi) is 6.78. The molecular weight excluding hydrogens is 372 g/mol. The molecule has 3 rings (SSSR count). The predicted molar refractivity (Wildman–Crippen MR) is 112 cm³/mol. The summed E-state index contributed by atoms with van der Waals surface area (Å²) in [6, 6.07) is 7.72. The fourth-order valence-corrected chi connectivity index (χ4v) is 4.65. The number of nitrogens with zero attached hydrogens (tertiary/aromatic N) is 4. The van der Waals surface area contributed by atoms with Crippen LogP contribution in [0.1, 0.15) is 20.3 Å². The lowest BCUT2D eigenvalue weighted by molar-refractivity contribution is -0.130. The normalized spacial score (nSPS) is 19.5. The van der Waals surface area contributed by atoms with Crippen molar-refractivity contribution >= 4 is 17.7 Å². The van der Waals surface area contributed by atoms with Crippen LogP contribution < -0.4 is 4.74 Å². The van der Waals surface area contributed by atoms with Crippen molar-refractivity contribution in [3.8, 4) is 17.1 Å². The number of carbonyl (C=O) groups excluding carboxylic acids is 1. The minimum Gasteiger partial charge on any atom is -0.496 e. The summed E-state index contributed by atoms with van der Waals surface area (Å²) in [4.78, 5) is 14.7. The van der Waals surface area contributed by atoms with Crippen molar-refractivity contribution in [2.75, 3.05) is 26.0 Å². The fourth-order valence-electron chi connectivity index (χ4n) is 3.80. The number of hydrogen-bond donors (Lipinski definition) is 0. The summed E-state index contributed by atoms with van der Waals surface area (Å²) in [5, 5.41) is 9.42. The molecule has 1 amide bonds. The number of allylic oxidation sites excluding steroid dienone is 1. The number of hydrogen-bond acceptors (Lipinski definition) is 5. The molecule has 1 saturated heterocycles. The first-order valence-electron chi connectivity index (χ1n) is 9.61. The van der Waals surface area contributed by atoms with Gasteiger partial charge < -0.3 is 9.64 Å². The maximum atomic E-state index is 12.7. The molecule has 2 heterocycles. The average Bonchev–Trinajstić information content (AvgIpc) is 3.08. The summed E-state index contributed by atoms with van der Waals surface area (Å²) < 4.78 is 7.44. The number of ether oxygens (including phenoxy) is 1. The summed E-state index contributed by atoms with van der Waals surface area (Å²) in [6.07, 6.45) is 3.00. The molecule has 2 aromatic rings. The smallest absolute Gasteiger partial charge is 0.233 e. The number of rotatable bonds is 7. The monoisotopic (exact) mass is 400 g/mol. The minimum absolute atomic E-state index is 0.162. The number of benzene rings is 1. The number of amides is 1. The molecule has 0 spiro atoms. The molecule has 0 radical (unpaired) electrons. The lowest BCUT2D eigenvalue weighted by atomic mass is 9.92. The zero-order valence-corrected chi connectivity index (χ0v) is 17.6. The highest BCUT2D eigenvalue weighted by Crippen LogP contribution is 2.31. The van der Waals surface area contributed by atoms with Crippen LogP contribution in [0.25, 0.3) is 11.4 Å². The number of para-hydroxylation sites is 1. The summed E-state index contributed by atoms with van der Waals surface area (Å²) >= 11 is 1.43. The van der Waals surface area contributed by atoms with Crippen LogP contribution in [0.5, 0.6) is 5.75 Å². The molecule has 0 saturated carbocycles. The van der Waals surface area contributed by atoms with Crippen molar-refractivity contribution in [2.45, 2.75) is 32.0 Å². The lowest BCUT2D eigenvalue weighted by Crippen LogP contribution is -2.43. The number of aromatic nitrogens is 3. The first kappa shape index (κ1) is 20.5. The standard InChI is InChI=1S/C21H28N4O2S/c1-5-10-25-20(17-8-6-7-9-18(17)27-4)22-23-21(25)28-14-19(26)24-12-15(2)11-16(3)13-24/h5-9,15-16H,1,10-14H2,2-4H3/t15-,16-/m0/s1. The van der Waals surface area contributed by atoms with E-state index in [0.717, 1.165) is 24.4 Å². The molecular formula is C21H28N4O2S. The number of likely N-dealkylation sites (tertiary alicyclic amines) is 1. The van der Waals surface area contributed by atoms with E-state index in [1.165, 1.54) is 18.2 Å². The zero-order valence-electron chi connectivity index (χ0n) is 16.8. The zero-order chi connectivity index (χ0) is 20.1. The molecule has 0 N–H and O–H groups in total. The third kappa shape index (κ3) is 4.58. The highest BCUT2D eigenvalue weighted by Gasteiger charge is 2.26. The van der Waals surface area contributed by atoms with Crippen LogP contribution in [0, 0.1) is 11.8 Å². The molecule has 7 heteroatoms. The molecule has 1 fully saturated rings. The highest BCUT2D eigenvalue weighted by atomic mass is 32.2. The average molecular weight is 401 g/mol. The predicted octanol–water partition coefficient (Wildman–Crippen LogP) is 3.74. The van der Waals surface area contributed by atoms with Crippen LogP contribution in [0.15, 0.2) is 42.1 Å². The second-order valence-electron chi connectivity index (χ2n) is 7.44. The molecule has 0 unspecified atom stereocenters. The van der Waals surface area contributed by atoms with Gasteiger partial charge in [-0.15, -0.1) is 16.8 Å². The Morgan fingerprint density at radius 3 is 2.68 bits per heavy atom. The van der Waals surface area contributed by atoms with E-state index in [2.05, 4.69) is 30.6 Å². The molecule has 1 aromatic carbocycles. The first-order chi connectivity index (χ1) is 13.5. The van der Waals surface area contributed by atoms with Gasteiger partial charge in [0.2, 0.25) is 5.91 Å². The molecule has 1 aromatic heterocycles. The van der Waals surface area contributed by atoms with Gasteiger partial charge >= 0.3 is 0 Å². The van der Waals surface area contributed by atoms with Gasteiger partial charge in [-0.3, -0.25) is 9.36 Å². The van der Waals surface area contributed by atoms with Gasteiger partial charge in [0.1, 0.15) is 5.75 Å².